The van der Waals surface area contributed by atoms with E-state index in [2.05, 4.69) is 0 Å². The van der Waals surface area contributed by atoms with Crippen LogP contribution in [0.5, 0.6) is 0 Å². The molecule has 0 bridgehead atoms. The first kappa shape index (κ1) is 13.1. The average molecular weight is 280 g/mol. The minimum Gasteiger partial charge on any atom is -0.478 e. The number of aryl methyl sites for hydroxylation is 1. The predicted octanol–water partition coefficient (Wildman–Crippen LogP) is 3.70. The molecule has 0 spiro atoms. The van der Waals surface area contributed by atoms with Gasteiger partial charge in [0.15, 0.2) is 0 Å². The molecular formula is C17H12O4. The third-order valence-electron chi connectivity index (χ3n) is 3.69. The highest BCUT2D eigenvalue weighted by Gasteiger charge is 2.20. The summed E-state index contributed by atoms with van der Waals surface area (Å²) in [5.41, 5.74) is 0.909. The Bertz CT molecular complexity index is 909. The summed E-state index contributed by atoms with van der Waals surface area (Å²) < 4.78 is 0. The van der Waals surface area contributed by atoms with Gasteiger partial charge in [0.25, 0.3) is 0 Å². The van der Waals surface area contributed by atoms with Gasteiger partial charge in [-0.05, 0) is 40.8 Å². The van der Waals surface area contributed by atoms with Crippen LogP contribution < -0.4 is 0 Å². The highest BCUT2D eigenvalue weighted by Crippen LogP contribution is 2.32. The van der Waals surface area contributed by atoms with Gasteiger partial charge < -0.3 is 10.2 Å². The Hall–Kier alpha value is -2.88. The summed E-state index contributed by atoms with van der Waals surface area (Å²) in [7, 11) is 0. The van der Waals surface area contributed by atoms with E-state index in [0.29, 0.717) is 10.8 Å². The summed E-state index contributed by atoms with van der Waals surface area (Å²) >= 11 is 0. The minimum atomic E-state index is -1.13. The van der Waals surface area contributed by atoms with Crippen molar-refractivity contribution >= 4 is 33.5 Å². The van der Waals surface area contributed by atoms with Gasteiger partial charge in [-0.3, -0.25) is 0 Å². The standard InChI is InChI=1S/C17H12O4/c1-9-6-7-12(16(18)19)14-13(9)8-10-4-2-3-5-11(10)15(14)17(20)21/h2-8H,1H3,(H,18,19)(H,20,21). The Labute approximate surface area is 120 Å². The van der Waals surface area contributed by atoms with E-state index in [4.69, 9.17) is 0 Å². The van der Waals surface area contributed by atoms with Crippen LogP contribution in [0.3, 0.4) is 0 Å². The van der Waals surface area contributed by atoms with Crippen LogP contribution in [0.1, 0.15) is 26.3 Å². The summed E-state index contributed by atoms with van der Waals surface area (Å²) in [6, 6.07) is 12.1. The largest absolute Gasteiger partial charge is 0.478 e. The molecule has 0 fully saturated rings. The molecule has 21 heavy (non-hydrogen) atoms. The summed E-state index contributed by atoms with van der Waals surface area (Å²) in [5, 5.41) is 21.2. The van der Waals surface area contributed by atoms with E-state index >= 15 is 0 Å². The molecule has 104 valence electrons. The monoisotopic (exact) mass is 280 g/mol. The molecule has 0 saturated carbocycles. The third-order valence-corrected chi connectivity index (χ3v) is 3.69. The second-order valence-electron chi connectivity index (χ2n) is 4.94. The number of benzene rings is 3. The van der Waals surface area contributed by atoms with Crippen molar-refractivity contribution < 1.29 is 19.8 Å². The molecule has 0 atom stereocenters. The van der Waals surface area contributed by atoms with E-state index in [0.717, 1.165) is 10.9 Å². The second kappa shape index (κ2) is 4.59. The molecule has 4 heteroatoms. The number of hydrogen-bond donors (Lipinski definition) is 2. The lowest BCUT2D eigenvalue weighted by Gasteiger charge is -2.12. The van der Waals surface area contributed by atoms with Crippen molar-refractivity contribution in [2.75, 3.05) is 0 Å². The normalized spacial score (nSPS) is 10.9. The third kappa shape index (κ3) is 1.92. The Kier molecular flexibility index (Phi) is 2.87. The number of fused-ring (bicyclic) bond motifs is 2. The van der Waals surface area contributed by atoms with Gasteiger partial charge in [0, 0.05) is 5.39 Å². The van der Waals surface area contributed by atoms with Crippen LogP contribution in [-0.4, -0.2) is 22.2 Å². The molecule has 0 heterocycles. The van der Waals surface area contributed by atoms with Crippen LogP contribution in [-0.2, 0) is 0 Å². The minimum absolute atomic E-state index is 0.0127. The molecule has 0 aliphatic heterocycles. The van der Waals surface area contributed by atoms with Gasteiger partial charge in [-0.25, -0.2) is 9.59 Å². The lowest BCUT2D eigenvalue weighted by molar-refractivity contribution is 0.0696. The van der Waals surface area contributed by atoms with Gasteiger partial charge in [0.1, 0.15) is 0 Å². The van der Waals surface area contributed by atoms with E-state index in [-0.39, 0.29) is 16.5 Å². The topological polar surface area (TPSA) is 74.6 Å². The molecule has 2 N–H and O–H groups in total. The lowest BCUT2D eigenvalue weighted by Crippen LogP contribution is -2.05. The van der Waals surface area contributed by atoms with Crippen molar-refractivity contribution in [2.24, 2.45) is 0 Å². The first-order chi connectivity index (χ1) is 10.0. The fraction of sp³-hybridized carbons (Fsp3) is 0.0588. The second-order valence-corrected chi connectivity index (χ2v) is 4.94. The van der Waals surface area contributed by atoms with Crippen molar-refractivity contribution in [3.8, 4) is 0 Å². The quantitative estimate of drug-likeness (QED) is 0.702. The van der Waals surface area contributed by atoms with E-state index in [9.17, 15) is 19.8 Å². The maximum Gasteiger partial charge on any atom is 0.336 e. The zero-order valence-corrected chi connectivity index (χ0v) is 11.3. The number of rotatable bonds is 2. The van der Waals surface area contributed by atoms with Crippen molar-refractivity contribution in [2.45, 2.75) is 6.92 Å². The molecule has 3 rings (SSSR count). The lowest BCUT2D eigenvalue weighted by atomic mass is 9.91. The fourth-order valence-electron chi connectivity index (χ4n) is 2.72. The Morgan fingerprint density at radius 3 is 2.29 bits per heavy atom. The van der Waals surface area contributed by atoms with Crippen LogP contribution in [0, 0.1) is 6.92 Å². The fourth-order valence-corrected chi connectivity index (χ4v) is 2.72. The van der Waals surface area contributed by atoms with Gasteiger partial charge in [-0.15, -0.1) is 0 Å². The van der Waals surface area contributed by atoms with Crippen LogP contribution in [0.2, 0.25) is 0 Å². The van der Waals surface area contributed by atoms with Gasteiger partial charge in [-0.2, -0.15) is 0 Å². The number of hydrogen-bond acceptors (Lipinski definition) is 2. The molecule has 3 aromatic carbocycles. The van der Waals surface area contributed by atoms with Crippen LogP contribution in [0.4, 0.5) is 0 Å². The van der Waals surface area contributed by atoms with E-state index in [1.54, 1.807) is 18.2 Å². The smallest absolute Gasteiger partial charge is 0.336 e. The van der Waals surface area contributed by atoms with Crippen LogP contribution >= 0.6 is 0 Å². The molecule has 0 aliphatic carbocycles. The molecule has 0 radical (unpaired) electrons. The Morgan fingerprint density at radius 1 is 0.905 bits per heavy atom. The van der Waals surface area contributed by atoms with Crippen molar-refractivity contribution in [1.29, 1.82) is 0 Å². The Morgan fingerprint density at radius 2 is 1.62 bits per heavy atom. The molecule has 0 unspecified atom stereocenters. The highest BCUT2D eigenvalue weighted by atomic mass is 16.4. The first-order valence-electron chi connectivity index (χ1n) is 6.42. The molecule has 0 saturated heterocycles. The zero-order valence-electron chi connectivity index (χ0n) is 11.3. The SMILES string of the molecule is Cc1ccc(C(=O)O)c2c(C(=O)O)c3ccccc3cc12. The van der Waals surface area contributed by atoms with Crippen LogP contribution in [0.15, 0.2) is 42.5 Å². The van der Waals surface area contributed by atoms with Crippen LogP contribution in [0.25, 0.3) is 21.5 Å². The number of carboxylic acid groups (broad SMARTS) is 2. The predicted molar refractivity (Wildman–Crippen MR) is 80.1 cm³/mol. The molecule has 4 nitrogen and oxygen atoms in total. The number of aromatic carboxylic acids is 2. The molecular weight excluding hydrogens is 268 g/mol. The van der Waals surface area contributed by atoms with Crippen molar-refractivity contribution in [3.63, 3.8) is 0 Å². The van der Waals surface area contributed by atoms with Gasteiger partial charge in [-0.1, -0.05) is 30.3 Å². The van der Waals surface area contributed by atoms with E-state index in [1.165, 1.54) is 6.07 Å². The average Bonchev–Trinajstić information content (AvgIpc) is 2.45. The number of carbonyl (C=O) groups is 2. The zero-order chi connectivity index (χ0) is 15.1. The van der Waals surface area contributed by atoms with Gasteiger partial charge >= 0.3 is 11.9 Å². The summed E-state index contributed by atoms with van der Waals surface area (Å²) in [5.74, 6) is -2.25. The molecule has 0 aliphatic rings. The van der Waals surface area contributed by atoms with Gasteiger partial charge in [0.05, 0.1) is 11.1 Å². The summed E-state index contributed by atoms with van der Waals surface area (Å²) in [6.07, 6.45) is 0. The van der Waals surface area contributed by atoms with Gasteiger partial charge in [0.2, 0.25) is 0 Å². The molecule has 0 aromatic heterocycles. The highest BCUT2D eigenvalue weighted by molar-refractivity contribution is 6.21. The molecule has 0 amide bonds. The maximum atomic E-state index is 11.7. The number of carboxylic acids is 2. The van der Waals surface area contributed by atoms with E-state index < -0.39 is 11.9 Å². The maximum absolute atomic E-state index is 11.7. The van der Waals surface area contributed by atoms with E-state index in [1.807, 2.05) is 25.1 Å². The van der Waals surface area contributed by atoms with Crippen molar-refractivity contribution in [1.82, 2.24) is 0 Å². The summed E-state index contributed by atoms with van der Waals surface area (Å²) in [6.45, 7) is 1.84. The van der Waals surface area contributed by atoms with Crippen molar-refractivity contribution in [3.05, 3.63) is 59.2 Å². The molecule has 3 aromatic rings. The summed E-state index contributed by atoms with van der Waals surface area (Å²) in [4.78, 5) is 23.2. The first-order valence-corrected chi connectivity index (χ1v) is 6.42. The Balaban J connectivity index is 2.67.